The molecule has 1 aromatic heterocycles. The normalized spacial score (nSPS) is 20.7. The monoisotopic (exact) mass is 335 g/mol. The number of rotatable bonds is 5. The number of aryl methyl sites for hydroxylation is 2. The van der Waals surface area contributed by atoms with Crippen LogP contribution in [0.4, 0.5) is 0 Å². The lowest BCUT2D eigenvalue weighted by atomic mass is 10.0. The summed E-state index contributed by atoms with van der Waals surface area (Å²) in [5.41, 5.74) is 1.40. The van der Waals surface area contributed by atoms with E-state index in [1.807, 2.05) is 0 Å². The van der Waals surface area contributed by atoms with Gasteiger partial charge in [-0.15, -0.1) is 11.3 Å². The van der Waals surface area contributed by atoms with Gasteiger partial charge >= 0.3 is 0 Å². The molecule has 0 bridgehead atoms. The van der Waals surface area contributed by atoms with Gasteiger partial charge in [-0.3, -0.25) is 9.69 Å². The Morgan fingerprint density at radius 1 is 1.26 bits per heavy atom. The van der Waals surface area contributed by atoms with Gasteiger partial charge in [-0.25, -0.2) is 0 Å². The number of amides is 1. The van der Waals surface area contributed by atoms with Crippen molar-refractivity contribution in [3.8, 4) is 0 Å². The van der Waals surface area contributed by atoms with E-state index in [1.54, 1.807) is 11.3 Å². The third-order valence-corrected chi connectivity index (χ3v) is 6.45. The van der Waals surface area contributed by atoms with Crippen LogP contribution < -0.4 is 5.32 Å². The maximum atomic E-state index is 12.5. The first kappa shape index (κ1) is 16.9. The minimum absolute atomic E-state index is 0.115. The Hall–Kier alpha value is -0.910. The number of nitrogens with zero attached hydrogens (tertiary/aromatic N) is 2. The highest BCUT2D eigenvalue weighted by atomic mass is 32.1. The molecule has 1 unspecified atom stereocenters. The van der Waals surface area contributed by atoms with Crippen LogP contribution in [-0.2, 0) is 12.8 Å². The van der Waals surface area contributed by atoms with Crippen LogP contribution in [0.15, 0.2) is 6.07 Å². The first-order valence-corrected chi connectivity index (χ1v) is 9.68. The fourth-order valence-electron chi connectivity index (χ4n) is 3.67. The van der Waals surface area contributed by atoms with Crippen LogP contribution in [-0.4, -0.2) is 61.5 Å². The summed E-state index contributed by atoms with van der Waals surface area (Å²) < 4.78 is 0. The van der Waals surface area contributed by atoms with Gasteiger partial charge in [0.05, 0.1) is 4.88 Å². The Morgan fingerprint density at radius 2 is 2.00 bits per heavy atom. The van der Waals surface area contributed by atoms with Gasteiger partial charge in [0.2, 0.25) is 0 Å². The van der Waals surface area contributed by atoms with Gasteiger partial charge in [-0.05, 0) is 43.9 Å². The molecule has 1 saturated heterocycles. The lowest BCUT2D eigenvalue weighted by molar-refractivity contribution is 0.0793. The molecule has 0 aromatic carbocycles. The smallest absolute Gasteiger partial charge is 0.261 e. The highest BCUT2D eigenvalue weighted by Crippen LogP contribution is 2.30. The first-order chi connectivity index (χ1) is 11.0. The number of hydrogen-bond donors (Lipinski definition) is 1. The van der Waals surface area contributed by atoms with Crippen molar-refractivity contribution in [2.24, 2.45) is 5.92 Å². The van der Waals surface area contributed by atoms with Crippen LogP contribution in [0.5, 0.6) is 0 Å². The second-order valence-electron chi connectivity index (χ2n) is 7.27. The Labute approximate surface area is 143 Å². The van der Waals surface area contributed by atoms with Crippen LogP contribution in [0.2, 0.25) is 0 Å². The van der Waals surface area contributed by atoms with Crippen molar-refractivity contribution in [2.75, 3.05) is 39.8 Å². The van der Waals surface area contributed by atoms with Crippen molar-refractivity contribution < 1.29 is 4.79 Å². The summed E-state index contributed by atoms with van der Waals surface area (Å²) in [4.78, 5) is 19.7. The number of nitrogens with one attached hydrogen (secondary N) is 1. The molecule has 1 aliphatic heterocycles. The molecule has 1 atom stereocenters. The summed E-state index contributed by atoms with van der Waals surface area (Å²) in [7, 11) is 2.18. The van der Waals surface area contributed by atoms with E-state index in [-0.39, 0.29) is 5.91 Å². The number of likely N-dealkylation sites (N-methyl/N-ethyl adjacent to an activating group) is 1. The molecule has 4 nitrogen and oxygen atoms in total. The summed E-state index contributed by atoms with van der Waals surface area (Å²) in [6.07, 6.45) is 3.56. The van der Waals surface area contributed by atoms with Crippen LogP contribution >= 0.6 is 11.3 Å². The van der Waals surface area contributed by atoms with Gasteiger partial charge in [0.15, 0.2) is 0 Å². The predicted molar refractivity (Wildman–Crippen MR) is 96.4 cm³/mol. The zero-order valence-electron chi connectivity index (χ0n) is 14.6. The molecule has 1 aromatic rings. The zero-order chi connectivity index (χ0) is 16.4. The second-order valence-corrected chi connectivity index (χ2v) is 8.41. The number of piperazine rings is 1. The van der Waals surface area contributed by atoms with Crippen LogP contribution in [0.3, 0.4) is 0 Å². The van der Waals surface area contributed by atoms with E-state index >= 15 is 0 Å². The van der Waals surface area contributed by atoms with Gasteiger partial charge in [-0.2, -0.15) is 0 Å². The summed E-state index contributed by atoms with van der Waals surface area (Å²) in [5, 5.41) is 3.19. The molecule has 1 fully saturated rings. The highest BCUT2D eigenvalue weighted by molar-refractivity contribution is 7.14. The van der Waals surface area contributed by atoms with Gasteiger partial charge < -0.3 is 10.2 Å². The third-order valence-electron chi connectivity index (χ3n) is 5.22. The predicted octanol–water partition coefficient (Wildman–Crippen LogP) is 2.24. The summed E-state index contributed by atoms with van der Waals surface area (Å²) >= 11 is 1.69. The fraction of sp³-hybridized carbons (Fsp3) is 0.722. The number of hydrogen-bond acceptors (Lipinski definition) is 4. The van der Waals surface area contributed by atoms with Crippen LogP contribution in [0.25, 0.3) is 0 Å². The molecular formula is C18H29N3OS. The van der Waals surface area contributed by atoms with E-state index in [0.717, 1.165) is 50.4 Å². The standard InChI is InChI=1S/C18H29N3OS/c1-13(2)15(21-9-7-20(3)8-10-21)12-19-18(22)17-11-14-5-4-6-16(14)23-17/h11,13,15H,4-10,12H2,1-3H3,(H,19,22). The molecule has 0 saturated carbocycles. The lowest BCUT2D eigenvalue weighted by Crippen LogP contribution is -2.54. The lowest BCUT2D eigenvalue weighted by Gasteiger charge is -2.39. The Bertz CT molecular complexity index is 525. The number of fused-ring (bicyclic) bond motifs is 1. The quantitative estimate of drug-likeness (QED) is 0.896. The molecule has 3 rings (SSSR count). The maximum Gasteiger partial charge on any atom is 0.261 e. The number of thiophene rings is 1. The van der Waals surface area contributed by atoms with Crippen LogP contribution in [0, 0.1) is 5.92 Å². The summed E-state index contributed by atoms with van der Waals surface area (Å²) in [6.45, 7) is 9.71. The van der Waals surface area contributed by atoms with E-state index in [2.05, 4.69) is 42.1 Å². The molecule has 2 aliphatic rings. The summed E-state index contributed by atoms with van der Waals surface area (Å²) in [6, 6.07) is 2.54. The van der Waals surface area contributed by atoms with E-state index in [1.165, 1.54) is 16.9 Å². The van der Waals surface area contributed by atoms with Gasteiger partial charge in [0, 0.05) is 43.6 Å². The Morgan fingerprint density at radius 3 is 2.65 bits per heavy atom. The average Bonchev–Trinajstić information content (AvgIpc) is 3.10. The molecule has 1 N–H and O–H groups in total. The van der Waals surface area contributed by atoms with Gasteiger partial charge in [-0.1, -0.05) is 13.8 Å². The molecule has 128 valence electrons. The maximum absolute atomic E-state index is 12.5. The zero-order valence-corrected chi connectivity index (χ0v) is 15.4. The van der Waals surface area contributed by atoms with Crippen molar-refractivity contribution >= 4 is 17.2 Å². The molecule has 0 spiro atoms. The number of carbonyl (C=O) groups excluding carboxylic acids is 1. The molecular weight excluding hydrogens is 306 g/mol. The largest absolute Gasteiger partial charge is 0.350 e. The summed E-state index contributed by atoms with van der Waals surface area (Å²) in [5.74, 6) is 0.663. The second kappa shape index (κ2) is 7.32. The molecule has 1 aliphatic carbocycles. The minimum atomic E-state index is 0.115. The highest BCUT2D eigenvalue weighted by Gasteiger charge is 2.26. The first-order valence-electron chi connectivity index (χ1n) is 8.87. The third kappa shape index (κ3) is 3.95. The van der Waals surface area contributed by atoms with Crippen molar-refractivity contribution in [3.63, 3.8) is 0 Å². The molecule has 2 heterocycles. The SMILES string of the molecule is CC(C)C(CNC(=O)c1cc2c(s1)CCC2)N1CCN(C)CC1. The van der Waals surface area contributed by atoms with Crippen molar-refractivity contribution in [2.45, 2.75) is 39.2 Å². The van der Waals surface area contributed by atoms with E-state index < -0.39 is 0 Å². The topological polar surface area (TPSA) is 35.6 Å². The van der Waals surface area contributed by atoms with E-state index in [4.69, 9.17) is 0 Å². The Balaban J connectivity index is 1.56. The average molecular weight is 336 g/mol. The van der Waals surface area contributed by atoms with E-state index in [9.17, 15) is 4.79 Å². The van der Waals surface area contributed by atoms with Gasteiger partial charge in [0.1, 0.15) is 0 Å². The van der Waals surface area contributed by atoms with Gasteiger partial charge in [0.25, 0.3) is 5.91 Å². The minimum Gasteiger partial charge on any atom is -0.350 e. The van der Waals surface area contributed by atoms with Crippen molar-refractivity contribution in [3.05, 3.63) is 21.4 Å². The van der Waals surface area contributed by atoms with E-state index in [0.29, 0.717) is 12.0 Å². The van der Waals surface area contributed by atoms with Crippen LogP contribution in [0.1, 0.15) is 40.4 Å². The van der Waals surface area contributed by atoms with Crippen molar-refractivity contribution in [1.82, 2.24) is 15.1 Å². The molecule has 1 amide bonds. The molecule has 5 heteroatoms. The fourth-order valence-corrected chi connectivity index (χ4v) is 4.84. The molecule has 0 radical (unpaired) electrons. The Kier molecular flexibility index (Phi) is 5.39. The van der Waals surface area contributed by atoms with Crippen molar-refractivity contribution in [1.29, 1.82) is 0 Å². The number of carbonyl (C=O) groups is 1. The molecule has 23 heavy (non-hydrogen) atoms.